The number of unbranched alkanes of at least 4 members (excludes halogenated alkanes) is 2. The molecular formula is C29H38N2O6. The fourth-order valence-electron chi connectivity index (χ4n) is 5.46. The van der Waals surface area contributed by atoms with Crippen LogP contribution in [-0.4, -0.2) is 55.4 Å². The molecule has 0 spiro atoms. The van der Waals surface area contributed by atoms with Gasteiger partial charge in [0.05, 0.1) is 18.9 Å². The van der Waals surface area contributed by atoms with E-state index in [0.29, 0.717) is 36.9 Å². The maximum absolute atomic E-state index is 14.3. The Morgan fingerprint density at radius 1 is 1.05 bits per heavy atom. The number of carbonyl (C=O) groups excluding carboxylic acids is 1. The Bertz CT molecular complexity index is 1060. The van der Waals surface area contributed by atoms with Gasteiger partial charge in [-0.25, -0.2) is 0 Å². The van der Waals surface area contributed by atoms with Crippen molar-refractivity contribution in [3.63, 3.8) is 0 Å². The van der Waals surface area contributed by atoms with Crippen molar-refractivity contribution in [3.05, 3.63) is 53.6 Å². The summed E-state index contributed by atoms with van der Waals surface area (Å²) in [5, 5.41) is 13.9. The van der Waals surface area contributed by atoms with Gasteiger partial charge in [0.15, 0.2) is 11.5 Å². The lowest BCUT2D eigenvalue weighted by Crippen LogP contribution is -2.42. The van der Waals surface area contributed by atoms with Gasteiger partial charge in [0.25, 0.3) is 0 Å². The summed E-state index contributed by atoms with van der Waals surface area (Å²) in [5.41, 5.74) is 1.63. The first-order valence-electron chi connectivity index (χ1n) is 13.3. The molecule has 8 heteroatoms. The van der Waals surface area contributed by atoms with Crippen LogP contribution in [0.25, 0.3) is 0 Å². The normalized spacial score (nSPS) is 21.0. The number of fused-ring (bicyclic) bond motifs is 1. The number of carboxylic acids is 1. The third-order valence-corrected chi connectivity index (χ3v) is 7.48. The maximum atomic E-state index is 14.3. The third-order valence-electron chi connectivity index (χ3n) is 7.48. The summed E-state index contributed by atoms with van der Waals surface area (Å²) in [6.45, 7) is 6.09. The number of aliphatic carboxylic acids is 1. The van der Waals surface area contributed by atoms with Gasteiger partial charge in [0.2, 0.25) is 12.7 Å². The predicted octanol–water partition coefficient (Wildman–Crippen LogP) is 4.60. The van der Waals surface area contributed by atoms with E-state index in [4.69, 9.17) is 14.2 Å². The third kappa shape index (κ3) is 5.85. The van der Waals surface area contributed by atoms with Crippen molar-refractivity contribution < 1.29 is 28.9 Å². The summed E-state index contributed by atoms with van der Waals surface area (Å²) < 4.78 is 16.4. The largest absolute Gasteiger partial charge is 0.497 e. The van der Waals surface area contributed by atoms with Crippen LogP contribution in [0.5, 0.6) is 17.2 Å². The highest BCUT2D eigenvalue weighted by Gasteiger charge is 2.48. The van der Waals surface area contributed by atoms with Crippen molar-refractivity contribution in [2.45, 2.75) is 51.5 Å². The summed E-state index contributed by atoms with van der Waals surface area (Å²) in [4.78, 5) is 28.9. The molecule has 200 valence electrons. The summed E-state index contributed by atoms with van der Waals surface area (Å²) in [6, 6.07) is 12.6. The minimum atomic E-state index is -0.914. The monoisotopic (exact) mass is 510 g/mol. The Balaban J connectivity index is 1.72. The summed E-state index contributed by atoms with van der Waals surface area (Å²) in [7, 11) is 1.60. The molecule has 0 aliphatic carbocycles. The number of benzene rings is 2. The van der Waals surface area contributed by atoms with Crippen LogP contribution in [0.1, 0.15) is 62.6 Å². The zero-order valence-corrected chi connectivity index (χ0v) is 21.9. The van der Waals surface area contributed by atoms with E-state index in [1.165, 1.54) is 0 Å². The molecule has 1 unspecified atom stereocenters. The Morgan fingerprint density at radius 3 is 2.35 bits per heavy atom. The number of carboxylic acid groups (broad SMARTS) is 1. The zero-order valence-electron chi connectivity index (χ0n) is 21.9. The van der Waals surface area contributed by atoms with Crippen LogP contribution < -0.4 is 19.5 Å². The molecule has 2 heterocycles. The van der Waals surface area contributed by atoms with Crippen molar-refractivity contribution >= 4 is 11.9 Å². The van der Waals surface area contributed by atoms with Gasteiger partial charge in [-0.05, 0) is 48.2 Å². The first kappa shape index (κ1) is 26.8. The van der Waals surface area contributed by atoms with Crippen LogP contribution in [0.3, 0.4) is 0 Å². The molecule has 2 aliphatic rings. The van der Waals surface area contributed by atoms with E-state index in [2.05, 4.69) is 19.2 Å². The lowest BCUT2D eigenvalue weighted by atomic mass is 9.75. The minimum absolute atomic E-state index is 0.0193. The molecule has 0 aromatic heterocycles. The van der Waals surface area contributed by atoms with Crippen LogP contribution >= 0.6 is 0 Å². The Kier molecular flexibility index (Phi) is 8.92. The van der Waals surface area contributed by atoms with Crippen LogP contribution in [0, 0.1) is 11.8 Å². The molecule has 0 radical (unpaired) electrons. The molecule has 0 bridgehead atoms. The van der Waals surface area contributed by atoms with Gasteiger partial charge in [0, 0.05) is 31.6 Å². The van der Waals surface area contributed by atoms with Gasteiger partial charge in [-0.3, -0.25) is 9.59 Å². The van der Waals surface area contributed by atoms with Crippen LogP contribution in [0.15, 0.2) is 42.5 Å². The topological polar surface area (TPSA) is 97.3 Å². The number of hydrogen-bond acceptors (Lipinski definition) is 6. The number of carbonyl (C=O) groups is 2. The average Bonchev–Trinajstić information content (AvgIpc) is 3.56. The molecule has 2 aromatic rings. The average molecular weight is 511 g/mol. The number of nitrogens with one attached hydrogen (secondary N) is 1. The van der Waals surface area contributed by atoms with E-state index in [1.54, 1.807) is 7.11 Å². The standard InChI is InChI=1S/C29H38N2O6/c1-4-6-14-31(15-7-5-2)28(32)25(20-10-13-23-24(16-20)37-18-36-23)22-17-30-27(26(22)29(33)34)19-8-11-21(35-3)12-9-19/h8-13,16,22,25-27,30H,4-7,14-15,17-18H2,1-3H3,(H,33,34)/t22-,25?,26+,27-/m0/s1. The number of methoxy groups -OCH3 is 1. The zero-order chi connectivity index (χ0) is 26.4. The molecule has 4 rings (SSSR count). The smallest absolute Gasteiger partial charge is 0.308 e. The Morgan fingerprint density at radius 2 is 1.73 bits per heavy atom. The summed E-state index contributed by atoms with van der Waals surface area (Å²) in [5.74, 6) is -0.846. The molecule has 8 nitrogen and oxygen atoms in total. The fraction of sp³-hybridized carbons (Fsp3) is 0.517. The highest BCUT2D eigenvalue weighted by Crippen LogP contribution is 2.45. The van der Waals surface area contributed by atoms with Gasteiger partial charge in [0.1, 0.15) is 5.75 Å². The lowest BCUT2D eigenvalue weighted by molar-refractivity contribution is -0.145. The molecule has 2 N–H and O–H groups in total. The number of hydrogen-bond donors (Lipinski definition) is 2. The van der Waals surface area contributed by atoms with Crippen LogP contribution in [0.4, 0.5) is 0 Å². The molecular weight excluding hydrogens is 472 g/mol. The van der Waals surface area contributed by atoms with Crippen molar-refractivity contribution in [2.24, 2.45) is 11.8 Å². The first-order valence-corrected chi connectivity index (χ1v) is 13.3. The van der Waals surface area contributed by atoms with Gasteiger partial charge in [-0.1, -0.05) is 44.9 Å². The predicted molar refractivity (Wildman–Crippen MR) is 140 cm³/mol. The second-order valence-corrected chi connectivity index (χ2v) is 9.81. The quantitative estimate of drug-likeness (QED) is 0.431. The minimum Gasteiger partial charge on any atom is -0.497 e. The van der Waals surface area contributed by atoms with E-state index < -0.39 is 29.8 Å². The highest BCUT2D eigenvalue weighted by molar-refractivity contribution is 5.86. The highest BCUT2D eigenvalue weighted by atomic mass is 16.7. The first-order chi connectivity index (χ1) is 18.0. The molecule has 2 aromatic carbocycles. The molecule has 37 heavy (non-hydrogen) atoms. The number of rotatable bonds is 12. The van der Waals surface area contributed by atoms with Crippen molar-refractivity contribution in [2.75, 3.05) is 33.5 Å². The van der Waals surface area contributed by atoms with Crippen molar-refractivity contribution in [1.29, 1.82) is 0 Å². The SMILES string of the molecule is CCCCN(CCCC)C(=O)C(c1ccc2c(c1)OCO2)[C@@H]1CN[C@@H](c2ccc(OC)cc2)[C@@H]1C(=O)O. The molecule has 2 aliphatic heterocycles. The van der Waals surface area contributed by atoms with Crippen molar-refractivity contribution in [3.8, 4) is 17.2 Å². The Hall–Kier alpha value is -3.26. The second-order valence-electron chi connectivity index (χ2n) is 9.81. The van der Waals surface area contributed by atoms with Gasteiger partial charge < -0.3 is 29.5 Å². The van der Waals surface area contributed by atoms with E-state index >= 15 is 0 Å². The van der Waals surface area contributed by atoms with Crippen LogP contribution in [0.2, 0.25) is 0 Å². The fourth-order valence-corrected chi connectivity index (χ4v) is 5.46. The van der Waals surface area contributed by atoms with Gasteiger partial charge in [-0.15, -0.1) is 0 Å². The van der Waals surface area contributed by atoms with Gasteiger partial charge in [-0.2, -0.15) is 0 Å². The summed E-state index contributed by atoms with van der Waals surface area (Å²) >= 11 is 0. The lowest BCUT2D eigenvalue weighted by Gasteiger charge is -2.33. The second kappa shape index (κ2) is 12.3. The number of amides is 1. The van der Waals surface area contributed by atoms with Gasteiger partial charge >= 0.3 is 5.97 Å². The molecule has 1 amide bonds. The van der Waals surface area contributed by atoms with Crippen LogP contribution in [-0.2, 0) is 9.59 Å². The molecule has 0 saturated carbocycles. The van der Waals surface area contributed by atoms with E-state index in [1.807, 2.05) is 47.4 Å². The Labute approximate surface area is 218 Å². The summed E-state index contributed by atoms with van der Waals surface area (Å²) in [6.07, 6.45) is 3.77. The van der Waals surface area contributed by atoms with E-state index in [9.17, 15) is 14.7 Å². The van der Waals surface area contributed by atoms with E-state index in [0.717, 1.165) is 36.8 Å². The molecule has 1 fully saturated rings. The molecule has 1 saturated heterocycles. The molecule has 4 atom stereocenters. The van der Waals surface area contributed by atoms with E-state index in [-0.39, 0.29) is 12.7 Å². The number of ether oxygens (including phenoxy) is 3. The maximum Gasteiger partial charge on any atom is 0.308 e. The van der Waals surface area contributed by atoms with Crippen molar-refractivity contribution in [1.82, 2.24) is 10.2 Å². The number of nitrogens with zero attached hydrogens (tertiary/aromatic N) is 1.